The summed E-state index contributed by atoms with van der Waals surface area (Å²) in [5.74, 6) is 0.811. The van der Waals surface area contributed by atoms with Crippen LogP contribution in [0.1, 0.15) is 31.0 Å². The number of hydrogen-bond acceptors (Lipinski definition) is 3. The van der Waals surface area contributed by atoms with Crippen molar-refractivity contribution in [1.82, 2.24) is 4.90 Å². The Morgan fingerprint density at radius 1 is 1.50 bits per heavy atom. The van der Waals surface area contributed by atoms with Gasteiger partial charge < -0.3 is 10.6 Å². The van der Waals surface area contributed by atoms with Crippen LogP contribution in [0, 0.1) is 18.7 Å². The minimum absolute atomic E-state index is 0.0627. The maximum absolute atomic E-state index is 13.9. The van der Waals surface area contributed by atoms with E-state index < -0.39 is 0 Å². The van der Waals surface area contributed by atoms with E-state index in [-0.39, 0.29) is 11.9 Å². The molecular formula is C14H20FN3. The third-order valence-electron chi connectivity index (χ3n) is 3.17. The third kappa shape index (κ3) is 2.47. The van der Waals surface area contributed by atoms with E-state index in [1.54, 1.807) is 6.07 Å². The lowest BCUT2D eigenvalue weighted by molar-refractivity contribution is 0.303. The molecule has 1 atom stereocenters. The van der Waals surface area contributed by atoms with Crippen LogP contribution in [0.2, 0.25) is 0 Å². The van der Waals surface area contributed by atoms with Crippen molar-refractivity contribution in [3.8, 4) is 0 Å². The van der Waals surface area contributed by atoms with Crippen LogP contribution < -0.4 is 5.73 Å². The van der Waals surface area contributed by atoms with Crippen molar-refractivity contribution in [2.45, 2.75) is 26.8 Å². The Hall–Kier alpha value is -1.58. The van der Waals surface area contributed by atoms with Crippen molar-refractivity contribution in [3.05, 3.63) is 35.1 Å². The number of halogens is 1. The fourth-order valence-electron chi connectivity index (χ4n) is 2.33. The first-order valence-corrected chi connectivity index (χ1v) is 6.31. The number of guanidine groups is 1. The number of rotatable bonds is 3. The van der Waals surface area contributed by atoms with Gasteiger partial charge in [-0.2, -0.15) is 0 Å². The molecule has 0 radical (unpaired) electrons. The molecule has 0 spiro atoms. The average Bonchev–Trinajstić information content (AvgIpc) is 2.64. The van der Waals surface area contributed by atoms with Crippen LogP contribution in [0.15, 0.2) is 23.2 Å². The van der Waals surface area contributed by atoms with Crippen molar-refractivity contribution in [2.75, 3.05) is 13.1 Å². The van der Waals surface area contributed by atoms with E-state index in [9.17, 15) is 4.39 Å². The highest BCUT2D eigenvalue weighted by molar-refractivity contribution is 5.80. The van der Waals surface area contributed by atoms with Gasteiger partial charge in [0, 0.05) is 12.1 Å². The largest absolute Gasteiger partial charge is 0.370 e. The fraction of sp³-hybridized carbons (Fsp3) is 0.500. The van der Waals surface area contributed by atoms with E-state index in [0.717, 1.165) is 12.1 Å². The predicted molar refractivity (Wildman–Crippen MR) is 71.9 cm³/mol. The van der Waals surface area contributed by atoms with Crippen molar-refractivity contribution < 1.29 is 4.39 Å². The Morgan fingerprint density at radius 3 is 2.89 bits per heavy atom. The number of nitrogens with zero attached hydrogens (tertiary/aromatic N) is 2. The van der Waals surface area contributed by atoms with Crippen LogP contribution in [0.4, 0.5) is 4.39 Å². The molecule has 1 aromatic carbocycles. The molecular weight excluding hydrogens is 229 g/mol. The molecule has 4 heteroatoms. The van der Waals surface area contributed by atoms with Crippen LogP contribution in [0.25, 0.3) is 0 Å². The molecule has 2 N–H and O–H groups in total. The molecule has 1 aliphatic heterocycles. The van der Waals surface area contributed by atoms with Crippen molar-refractivity contribution in [2.24, 2.45) is 16.6 Å². The zero-order chi connectivity index (χ0) is 13.3. The van der Waals surface area contributed by atoms with Gasteiger partial charge in [-0.15, -0.1) is 0 Å². The van der Waals surface area contributed by atoms with Gasteiger partial charge in [-0.3, -0.25) is 4.99 Å². The Labute approximate surface area is 108 Å². The Kier molecular flexibility index (Phi) is 3.55. The monoisotopic (exact) mass is 249 g/mol. The van der Waals surface area contributed by atoms with E-state index in [1.807, 2.05) is 17.9 Å². The van der Waals surface area contributed by atoms with Gasteiger partial charge in [0.2, 0.25) is 0 Å². The standard InChI is InChI=1S/C14H20FN3/c1-9(2)8-18-13(7-17-14(18)16)11-6-10(3)4-5-12(11)15/h4-6,9,13H,7-8H2,1-3H3,(H2,16,17). The summed E-state index contributed by atoms with van der Waals surface area (Å²) in [5, 5.41) is 0. The van der Waals surface area contributed by atoms with Crippen LogP contribution in [-0.4, -0.2) is 23.9 Å². The maximum Gasteiger partial charge on any atom is 0.191 e. The molecule has 3 nitrogen and oxygen atoms in total. The molecule has 98 valence electrons. The maximum atomic E-state index is 13.9. The topological polar surface area (TPSA) is 41.6 Å². The van der Waals surface area contributed by atoms with Crippen LogP contribution >= 0.6 is 0 Å². The van der Waals surface area contributed by atoms with Crippen LogP contribution in [-0.2, 0) is 0 Å². The molecule has 1 heterocycles. The molecule has 1 aromatic rings. The molecule has 0 aromatic heterocycles. The molecule has 1 unspecified atom stereocenters. The first kappa shape index (κ1) is 12.9. The molecule has 0 fully saturated rings. The highest BCUT2D eigenvalue weighted by Crippen LogP contribution is 2.28. The number of benzene rings is 1. The van der Waals surface area contributed by atoms with E-state index in [1.165, 1.54) is 6.07 Å². The Bertz CT molecular complexity index is 468. The molecule has 0 amide bonds. The lowest BCUT2D eigenvalue weighted by Gasteiger charge is -2.28. The third-order valence-corrected chi connectivity index (χ3v) is 3.17. The van der Waals surface area contributed by atoms with Gasteiger partial charge >= 0.3 is 0 Å². The van der Waals surface area contributed by atoms with Gasteiger partial charge in [-0.1, -0.05) is 31.5 Å². The molecule has 0 saturated heterocycles. The van der Waals surface area contributed by atoms with Crippen LogP contribution in [0.3, 0.4) is 0 Å². The van der Waals surface area contributed by atoms with Gasteiger partial charge in [0.05, 0.1) is 12.6 Å². The van der Waals surface area contributed by atoms with Gasteiger partial charge in [-0.05, 0) is 18.9 Å². The summed E-state index contributed by atoms with van der Waals surface area (Å²) in [4.78, 5) is 6.26. The average molecular weight is 249 g/mol. The SMILES string of the molecule is Cc1ccc(F)c(C2CN=C(N)N2CC(C)C)c1. The molecule has 18 heavy (non-hydrogen) atoms. The van der Waals surface area contributed by atoms with Crippen molar-refractivity contribution in [1.29, 1.82) is 0 Å². The van der Waals surface area contributed by atoms with Gasteiger partial charge in [0.15, 0.2) is 5.96 Å². The molecule has 0 bridgehead atoms. The van der Waals surface area contributed by atoms with E-state index in [4.69, 9.17) is 5.73 Å². The van der Waals surface area contributed by atoms with Crippen LogP contribution in [0.5, 0.6) is 0 Å². The predicted octanol–water partition coefficient (Wildman–Crippen LogP) is 2.46. The summed E-state index contributed by atoms with van der Waals surface area (Å²) >= 11 is 0. The number of hydrogen-bond donors (Lipinski definition) is 1. The zero-order valence-corrected chi connectivity index (χ0v) is 11.2. The fourth-order valence-corrected chi connectivity index (χ4v) is 2.33. The van der Waals surface area contributed by atoms with Gasteiger partial charge in [-0.25, -0.2) is 4.39 Å². The second kappa shape index (κ2) is 4.96. The number of nitrogens with two attached hydrogens (primary N) is 1. The first-order valence-electron chi connectivity index (χ1n) is 6.31. The van der Waals surface area contributed by atoms with E-state index >= 15 is 0 Å². The smallest absolute Gasteiger partial charge is 0.191 e. The summed E-state index contributed by atoms with van der Waals surface area (Å²) in [6.45, 7) is 7.55. The minimum atomic E-state index is -0.177. The van der Waals surface area contributed by atoms with E-state index in [0.29, 0.717) is 24.0 Å². The van der Waals surface area contributed by atoms with Crippen molar-refractivity contribution in [3.63, 3.8) is 0 Å². The van der Waals surface area contributed by atoms with Crippen molar-refractivity contribution >= 4 is 5.96 Å². The second-order valence-electron chi connectivity index (χ2n) is 5.29. The lowest BCUT2D eigenvalue weighted by atomic mass is 10.0. The number of aryl methyl sites for hydroxylation is 1. The molecule has 2 rings (SSSR count). The summed E-state index contributed by atoms with van der Waals surface area (Å²) in [6, 6.07) is 5.13. The van der Waals surface area contributed by atoms with Gasteiger partial charge in [0.1, 0.15) is 5.82 Å². The first-order chi connectivity index (χ1) is 8.49. The summed E-state index contributed by atoms with van der Waals surface area (Å²) in [6.07, 6.45) is 0. The summed E-state index contributed by atoms with van der Waals surface area (Å²) in [5.41, 5.74) is 7.65. The minimum Gasteiger partial charge on any atom is -0.370 e. The van der Waals surface area contributed by atoms with E-state index in [2.05, 4.69) is 18.8 Å². The normalized spacial score (nSPS) is 19.5. The Morgan fingerprint density at radius 2 is 2.22 bits per heavy atom. The molecule has 1 aliphatic rings. The highest BCUT2D eigenvalue weighted by Gasteiger charge is 2.29. The highest BCUT2D eigenvalue weighted by atomic mass is 19.1. The summed E-state index contributed by atoms with van der Waals surface area (Å²) in [7, 11) is 0. The zero-order valence-electron chi connectivity index (χ0n) is 11.2. The quantitative estimate of drug-likeness (QED) is 0.894. The second-order valence-corrected chi connectivity index (χ2v) is 5.29. The Balaban J connectivity index is 2.30. The van der Waals surface area contributed by atoms with Gasteiger partial charge in [0.25, 0.3) is 0 Å². The lowest BCUT2D eigenvalue weighted by Crippen LogP contribution is -2.38. The summed E-state index contributed by atoms with van der Waals surface area (Å²) < 4.78 is 13.9. The number of aliphatic imine (C=N–C) groups is 1. The molecule has 0 aliphatic carbocycles. The molecule has 0 saturated carbocycles.